The number of nitrogens with zero attached hydrogens (tertiary/aromatic N) is 3. The van der Waals surface area contributed by atoms with E-state index in [2.05, 4.69) is 26.0 Å². The smallest absolute Gasteiger partial charge is 0.296 e. The number of carbonyl (C=O) groups excluding carboxylic acids is 1. The largest absolute Gasteiger partial charge is 0.356 e. The predicted octanol–water partition coefficient (Wildman–Crippen LogP) is 4.40. The molecule has 4 rings (SSSR count). The Labute approximate surface area is 156 Å². The van der Waals surface area contributed by atoms with E-state index in [1.807, 2.05) is 48.7 Å². The lowest BCUT2D eigenvalue weighted by Gasteiger charge is -2.06. The summed E-state index contributed by atoms with van der Waals surface area (Å²) in [5.74, 6) is -0.272. The topological polar surface area (TPSA) is 92.9 Å². The van der Waals surface area contributed by atoms with Crippen molar-refractivity contribution in [1.29, 1.82) is 0 Å². The molecule has 0 saturated heterocycles. The number of hydrogen-bond acceptors (Lipinski definition) is 8. The number of para-hydroxylation sites is 1. The van der Waals surface area contributed by atoms with Crippen molar-refractivity contribution in [2.45, 2.75) is 4.34 Å². The molecule has 0 fully saturated rings. The van der Waals surface area contributed by atoms with Crippen molar-refractivity contribution in [2.75, 3.05) is 16.9 Å². The summed E-state index contributed by atoms with van der Waals surface area (Å²) in [6.45, 7) is 0. The quantitative estimate of drug-likeness (QED) is 0.390. The number of rotatable bonds is 5. The first kappa shape index (κ1) is 16.6. The maximum Gasteiger partial charge on any atom is 0.296 e. The van der Waals surface area contributed by atoms with Crippen LogP contribution in [-0.4, -0.2) is 27.5 Å². The number of aromatic nitrogens is 3. The standard InChI is InChI=1S/C17H13N5O2S2/c1-25-17-21-20-16(26-17)19-15(23)14-12-9-11(7-8-13(12)22-24-14)18-10-5-3-2-4-6-10/h2-9,18H,1H3,(H,19,20,23). The average Bonchev–Trinajstić information content (AvgIpc) is 3.29. The Hall–Kier alpha value is -2.91. The molecule has 0 spiro atoms. The second kappa shape index (κ2) is 7.14. The van der Waals surface area contributed by atoms with Crippen LogP contribution in [0.25, 0.3) is 10.9 Å². The van der Waals surface area contributed by atoms with Gasteiger partial charge in [-0.3, -0.25) is 10.1 Å². The van der Waals surface area contributed by atoms with E-state index in [-0.39, 0.29) is 5.76 Å². The normalized spacial score (nSPS) is 10.8. The highest BCUT2D eigenvalue weighted by atomic mass is 32.2. The third-order valence-corrected chi connectivity index (χ3v) is 5.36. The Balaban J connectivity index is 1.60. The molecule has 2 aromatic carbocycles. The maximum absolute atomic E-state index is 12.5. The Kier molecular flexibility index (Phi) is 4.55. The Morgan fingerprint density at radius 3 is 2.73 bits per heavy atom. The summed E-state index contributed by atoms with van der Waals surface area (Å²) in [5.41, 5.74) is 2.39. The summed E-state index contributed by atoms with van der Waals surface area (Å²) in [7, 11) is 0. The molecule has 2 heterocycles. The molecule has 0 aliphatic heterocycles. The number of nitrogens with one attached hydrogen (secondary N) is 2. The fourth-order valence-corrected chi connectivity index (χ4v) is 3.53. The van der Waals surface area contributed by atoms with Gasteiger partial charge in [0.2, 0.25) is 10.9 Å². The number of benzene rings is 2. The molecule has 0 aliphatic rings. The summed E-state index contributed by atoms with van der Waals surface area (Å²) in [6.07, 6.45) is 1.90. The van der Waals surface area contributed by atoms with Crippen LogP contribution >= 0.6 is 23.1 Å². The summed E-state index contributed by atoms with van der Waals surface area (Å²) >= 11 is 2.77. The predicted molar refractivity (Wildman–Crippen MR) is 103 cm³/mol. The number of amides is 1. The van der Waals surface area contributed by atoms with Gasteiger partial charge < -0.3 is 9.84 Å². The maximum atomic E-state index is 12.5. The lowest BCUT2D eigenvalue weighted by Crippen LogP contribution is -2.11. The minimum Gasteiger partial charge on any atom is -0.356 e. The van der Waals surface area contributed by atoms with Crippen molar-refractivity contribution in [3.63, 3.8) is 0 Å². The highest BCUT2D eigenvalue weighted by molar-refractivity contribution is 8.00. The van der Waals surface area contributed by atoms with E-state index in [4.69, 9.17) is 4.52 Å². The Morgan fingerprint density at radius 1 is 1.12 bits per heavy atom. The van der Waals surface area contributed by atoms with Gasteiger partial charge in [0.15, 0.2) is 4.34 Å². The van der Waals surface area contributed by atoms with Crippen LogP contribution in [0.2, 0.25) is 0 Å². The van der Waals surface area contributed by atoms with Gasteiger partial charge in [0, 0.05) is 11.4 Å². The number of anilines is 3. The molecular weight excluding hydrogens is 370 g/mol. The van der Waals surface area contributed by atoms with Crippen LogP contribution < -0.4 is 10.6 Å². The number of fused-ring (bicyclic) bond motifs is 1. The van der Waals surface area contributed by atoms with Gasteiger partial charge in [0.25, 0.3) is 5.91 Å². The molecule has 0 aliphatic carbocycles. The fraction of sp³-hybridized carbons (Fsp3) is 0.0588. The van der Waals surface area contributed by atoms with Gasteiger partial charge in [-0.05, 0) is 36.6 Å². The number of thioether (sulfide) groups is 1. The molecular formula is C17H13N5O2S2. The monoisotopic (exact) mass is 383 g/mol. The molecule has 4 aromatic rings. The minimum absolute atomic E-state index is 0.137. The van der Waals surface area contributed by atoms with E-state index >= 15 is 0 Å². The molecule has 0 radical (unpaired) electrons. The zero-order valence-electron chi connectivity index (χ0n) is 13.6. The van der Waals surface area contributed by atoms with Gasteiger partial charge in [0.1, 0.15) is 5.52 Å². The second-order valence-electron chi connectivity index (χ2n) is 5.27. The van der Waals surface area contributed by atoms with E-state index in [9.17, 15) is 4.79 Å². The van der Waals surface area contributed by atoms with E-state index in [1.165, 1.54) is 23.1 Å². The van der Waals surface area contributed by atoms with Crippen LogP contribution in [0.1, 0.15) is 10.6 Å². The zero-order chi connectivity index (χ0) is 17.9. The van der Waals surface area contributed by atoms with Gasteiger partial charge in [-0.1, -0.05) is 46.5 Å². The zero-order valence-corrected chi connectivity index (χ0v) is 15.2. The van der Waals surface area contributed by atoms with Crippen LogP contribution in [0.4, 0.5) is 16.5 Å². The Morgan fingerprint density at radius 2 is 1.96 bits per heavy atom. The summed E-state index contributed by atoms with van der Waals surface area (Å²) in [6, 6.07) is 15.3. The molecule has 0 unspecified atom stereocenters. The van der Waals surface area contributed by atoms with Gasteiger partial charge in [-0.15, -0.1) is 10.2 Å². The van der Waals surface area contributed by atoms with Crippen LogP contribution in [0.15, 0.2) is 57.4 Å². The third kappa shape index (κ3) is 3.39. The van der Waals surface area contributed by atoms with Crippen molar-refractivity contribution in [3.05, 3.63) is 54.3 Å². The molecule has 9 heteroatoms. The first-order chi connectivity index (χ1) is 12.7. The minimum atomic E-state index is -0.409. The van der Waals surface area contributed by atoms with Crippen LogP contribution in [0, 0.1) is 0 Å². The molecule has 7 nitrogen and oxygen atoms in total. The van der Waals surface area contributed by atoms with E-state index < -0.39 is 5.91 Å². The van der Waals surface area contributed by atoms with Crippen molar-refractivity contribution in [3.8, 4) is 0 Å². The molecule has 1 amide bonds. The molecule has 2 aromatic heterocycles. The van der Waals surface area contributed by atoms with E-state index in [0.29, 0.717) is 16.0 Å². The van der Waals surface area contributed by atoms with E-state index in [1.54, 1.807) is 6.07 Å². The van der Waals surface area contributed by atoms with Crippen LogP contribution in [0.5, 0.6) is 0 Å². The molecule has 2 N–H and O–H groups in total. The van der Waals surface area contributed by atoms with Gasteiger partial charge in [-0.25, -0.2) is 0 Å². The Bertz CT molecular complexity index is 1060. The second-order valence-corrected chi connectivity index (χ2v) is 7.30. The van der Waals surface area contributed by atoms with E-state index in [0.717, 1.165) is 15.7 Å². The SMILES string of the molecule is CSc1nnc(NC(=O)c2onc3ccc(Nc4ccccc4)cc23)s1. The molecule has 0 atom stereocenters. The summed E-state index contributed by atoms with van der Waals surface area (Å²) < 4.78 is 6.02. The van der Waals surface area contributed by atoms with Crippen molar-refractivity contribution < 1.29 is 9.32 Å². The highest BCUT2D eigenvalue weighted by Gasteiger charge is 2.19. The lowest BCUT2D eigenvalue weighted by molar-refractivity contribution is 0.0990. The van der Waals surface area contributed by atoms with Crippen LogP contribution in [0.3, 0.4) is 0 Å². The molecule has 0 bridgehead atoms. The van der Waals surface area contributed by atoms with Gasteiger partial charge >= 0.3 is 0 Å². The van der Waals surface area contributed by atoms with Crippen molar-refractivity contribution in [2.24, 2.45) is 0 Å². The fourth-order valence-electron chi connectivity index (χ4n) is 2.37. The van der Waals surface area contributed by atoms with Crippen LogP contribution in [-0.2, 0) is 0 Å². The summed E-state index contributed by atoms with van der Waals surface area (Å²) in [5, 5.41) is 18.9. The summed E-state index contributed by atoms with van der Waals surface area (Å²) in [4.78, 5) is 12.5. The van der Waals surface area contributed by atoms with Crippen molar-refractivity contribution in [1.82, 2.24) is 15.4 Å². The highest BCUT2D eigenvalue weighted by Crippen LogP contribution is 2.27. The third-order valence-electron chi connectivity index (χ3n) is 3.55. The first-order valence-corrected chi connectivity index (χ1v) is 9.67. The first-order valence-electron chi connectivity index (χ1n) is 7.63. The molecule has 26 heavy (non-hydrogen) atoms. The number of carbonyl (C=O) groups is 1. The average molecular weight is 383 g/mol. The lowest BCUT2D eigenvalue weighted by atomic mass is 10.2. The van der Waals surface area contributed by atoms with Crippen molar-refractivity contribution >= 4 is 56.4 Å². The molecule has 130 valence electrons. The number of hydrogen-bond donors (Lipinski definition) is 2. The van der Waals surface area contributed by atoms with Gasteiger partial charge in [-0.2, -0.15) is 0 Å². The van der Waals surface area contributed by atoms with Gasteiger partial charge in [0.05, 0.1) is 5.39 Å². The molecule has 0 saturated carbocycles.